The summed E-state index contributed by atoms with van der Waals surface area (Å²) in [7, 11) is 0. The van der Waals surface area contributed by atoms with Gasteiger partial charge in [-0.05, 0) is 6.92 Å². The zero-order chi connectivity index (χ0) is 17.2. The van der Waals surface area contributed by atoms with E-state index in [-0.39, 0.29) is 26.7 Å². The first-order valence-corrected chi connectivity index (χ1v) is 12.3. The maximum absolute atomic E-state index is 9.90. The van der Waals surface area contributed by atoms with Crippen LogP contribution in [-0.4, -0.2) is 43.3 Å². The first-order chi connectivity index (χ1) is 10.5. The Kier molecular flexibility index (Phi) is 20.0. The summed E-state index contributed by atoms with van der Waals surface area (Å²) in [5, 5.41) is 16.1. The minimum atomic E-state index is -1.24. The van der Waals surface area contributed by atoms with E-state index in [9.17, 15) is 9.59 Å². The molecule has 0 aliphatic heterocycles. The van der Waals surface area contributed by atoms with Crippen LogP contribution in [0.25, 0.3) is 0 Å². The molecule has 0 aliphatic rings. The molecule has 0 aromatic rings. The van der Waals surface area contributed by atoms with E-state index in [2.05, 4.69) is 13.8 Å². The summed E-state index contributed by atoms with van der Waals surface area (Å²) in [6.45, 7) is 5.81. The van der Waals surface area contributed by atoms with E-state index in [1.165, 1.54) is 45.4 Å². The number of unbranched alkanes of at least 4 members (excludes halogenated alkanes) is 6. The molecule has 5 heteroatoms. The van der Waals surface area contributed by atoms with Crippen LogP contribution in [0.15, 0.2) is 11.6 Å². The minimum absolute atomic E-state index is 0.104. The Morgan fingerprint density at radius 2 is 1.32 bits per heavy atom. The molecule has 0 bridgehead atoms. The Morgan fingerprint density at radius 3 is 1.59 bits per heavy atom. The Hall–Kier alpha value is -0.521. The van der Waals surface area contributed by atoms with Crippen molar-refractivity contribution in [1.29, 1.82) is 0 Å². The third-order valence-corrected chi connectivity index (χ3v) is 7.13. The van der Waals surface area contributed by atoms with Crippen LogP contribution in [0.5, 0.6) is 0 Å². The SMILES string of the molecule is C/C(=C/C(=O)O)C(=O)O.CCCCC[CH2][Sn][CH2]CCCCC. The zero-order valence-electron chi connectivity index (χ0n) is 14.4. The van der Waals surface area contributed by atoms with Gasteiger partial charge in [0.2, 0.25) is 0 Å². The Bertz CT molecular complexity index is 304. The van der Waals surface area contributed by atoms with Crippen molar-refractivity contribution in [2.45, 2.75) is 81.0 Å². The molecule has 0 unspecified atom stereocenters. The molecule has 0 saturated heterocycles. The quantitative estimate of drug-likeness (QED) is 0.271. The Morgan fingerprint density at radius 1 is 0.864 bits per heavy atom. The fourth-order valence-electron chi connectivity index (χ4n) is 1.73. The fourth-order valence-corrected chi connectivity index (χ4v) is 5.29. The topological polar surface area (TPSA) is 74.6 Å². The number of aliphatic carboxylic acids is 2. The number of hydrogen-bond donors (Lipinski definition) is 2. The molecule has 0 saturated carbocycles. The normalized spacial score (nSPS) is 10.8. The van der Waals surface area contributed by atoms with Gasteiger partial charge < -0.3 is 10.2 Å². The molecule has 2 N–H and O–H groups in total. The average molecular weight is 419 g/mol. The first kappa shape index (κ1) is 23.7. The molecule has 128 valence electrons. The standard InChI is InChI=1S/2C6H13.C5H6O4.Sn/c2*1-3-5-6-4-2;1-3(5(8)9)2-4(6)7;/h2*1,3-6H2,2H3;2H,1H3,(H,6,7)(H,8,9);/b;;3-2-;. The van der Waals surface area contributed by atoms with Gasteiger partial charge in [0.15, 0.2) is 0 Å². The molecule has 0 aromatic carbocycles. The third kappa shape index (κ3) is 21.8. The Balaban J connectivity index is 0. The van der Waals surface area contributed by atoms with Crippen LogP contribution >= 0.6 is 0 Å². The summed E-state index contributed by atoms with van der Waals surface area (Å²) in [6, 6.07) is 0. The Labute approximate surface area is 145 Å². The van der Waals surface area contributed by atoms with Crippen LogP contribution in [-0.2, 0) is 9.59 Å². The second-order valence-electron chi connectivity index (χ2n) is 5.34. The molecule has 0 heterocycles. The van der Waals surface area contributed by atoms with Crippen LogP contribution in [0.3, 0.4) is 0 Å². The number of carboxylic acid groups (broad SMARTS) is 2. The zero-order valence-corrected chi connectivity index (χ0v) is 17.2. The van der Waals surface area contributed by atoms with Gasteiger partial charge in [-0.3, -0.25) is 0 Å². The second kappa shape index (κ2) is 18.5. The van der Waals surface area contributed by atoms with Gasteiger partial charge in [-0.1, -0.05) is 0 Å². The molecule has 0 aromatic heterocycles. The van der Waals surface area contributed by atoms with Crippen molar-refractivity contribution in [1.82, 2.24) is 0 Å². The van der Waals surface area contributed by atoms with Gasteiger partial charge in [0, 0.05) is 11.6 Å². The number of carboxylic acids is 2. The molecular formula is C17H32O4Sn. The second-order valence-corrected chi connectivity index (χ2v) is 9.62. The van der Waals surface area contributed by atoms with E-state index in [1.807, 2.05) is 0 Å². The van der Waals surface area contributed by atoms with Crippen LogP contribution in [0.1, 0.15) is 72.1 Å². The van der Waals surface area contributed by atoms with Crippen molar-refractivity contribution in [2.24, 2.45) is 0 Å². The van der Waals surface area contributed by atoms with Crippen molar-refractivity contribution in [3.63, 3.8) is 0 Å². The molecule has 0 aliphatic carbocycles. The maximum atomic E-state index is 9.90. The summed E-state index contributed by atoms with van der Waals surface area (Å²) in [4.78, 5) is 19.7. The molecule has 2 radical (unpaired) electrons. The van der Waals surface area contributed by atoms with Gasteiger partial charge in [0.25, 0.3) is 0 Å². The van der Waals surface area contributed by atoms with Crippen LogP contribution in [0, 0.1) is 0 Å². The van der Waals surface area contributed by atoms with E-state index in [0.29, 0.717) is 6.08 Å². The molecule has 0 atom stereocenters. The third-order valence-electron chi connectivity index (χ3n) is 3.09. The molecule has 0 spiro atoms. The summed E-state index contributed by atoms with van der Waals surface area (Å²) >= 11 is 0.104. The van der Waals surface area contributed by atoms with E-state index in [1.54, 1.807) is 21.7 Å². The number of hydrogen-bond acceptors (Lipinski definition) is 2. The average Bonchev–Trinajstić information content (AvgIpc) is 2.45. The van der Waals surface area contributed by atoms with Crippen molar-refractivity contribution in [2.75, 3.05) is 0 Å². The van der Waals surface area contributed by atoms with E-state index < -0.39 is 11.9 Å². The summed E-state index contributed by atoms with van der Waals surface area (Å²) in [5.41, 5.74) is -0.178. The van der Waals surface area contributed by atoms with Crippen molar-refractivity contribution >= 4 is 33.1 Å². The van der Waals surface area contributed by atoms with Crippen molar-refractivity contribution < 1.29 is 19.8 Å². The van der Waals surface area contributed by atoms with Crippen LogP contribution in [0.2, 0.25) is 8.87 Å². The number of rotatable bonds is 12. The molecule has 0 fully saturated rings. The first-order valence-electron chi connectivity index (χ1n) is 8.30. The molecule has 22 heavy (non-hydrogen) atoms. The van der Waals surface area contributed by atoms with Crippen LogP contribution in [0.4, 0.5) is 0 Å². The van der Waals surface area contributed by atoms with E-state index in [4.69, 9.17) is 10.2 Å². The predicted molar refractivity (Wildman–Crippen MR) is 92.7 cm³/mol. The van der Waals surface area contributed by atoms with Gasteiger partial charge in [-0.25, -0.2) is 9.59 Å². The van der Waals surface area contributed by atoms with Gasteiger partial charge in [-0.2, -0.15) is 0 Å². The van der Waals surface area contributed by atoms with E-state index >= 15 is 0 Å². The monoisotopic (exact) mass is 420 g/mol. The fraction of sp³-hybridized carbons (Fsp3) is 0.765. The van der Waals surface area contributed by atoms with Gasteiger partial charge in [-0.15, -0.1) is 0 Å². The summed E-state index contributed by atoms with van der Waals surface area (Å²) < 4.78 is 3.30. The molecule has 4 nitrogen and oxygen atoms in total. The van der Waals surface area contributed by atoms with Crippen molar-refractivity contribution in [3.8, 4) is 0 Å². The number of carbonyl (C=O) groups is 2. The molecular weight excluding hydrogens is 387 g/mol. The van der Waals surface area contributed by atoms with Gasteiger partial charge in [0.05, 0.1) is 0 Å². The summed E-state index contributed by atoms with van der Waals surface area (Å²) in [6.07, 6.45) is 12.5. The predicted octanol–water partition coefficient (Wildman–Crippen LogP) is 4.79. The van der Waals surface area contributed by atoms with Gasteiger partial charge in [0.1, 0.15) is 0 Å². The summed E-state index contributed by atoms with van der Waals surface area (Å²) in [5.74, 6) is -2.45. The molecule has 0 amide bonds. The van der Waals surface area contributed by atoms with Crippen LogP contribution < -0.4 is 0 Å². The molecule has 0 rings (SSSR count). The van der Waals surface area contributed by atoms with Crippen molar-refractivity contribution in [3.05, 3.63) is 11.6 Å². The van der Waals surface area contributed by atoms with E-state index in [0.717, 1.165) is 0 Å². The van der Waals surface area contributed by atoms with Gasteiger partial charge >= 0.3 is 107 Å².